The summed E-state index contributed by atoms with van der Waals surface area (Å²) < 4.78 is 2.06. The number of carbonyl (C=O) groups excluding carboxylic acids is 1. The van der Waals surface area contributed by atoms with Crippen molar-refractivity contribution >= 4 is 34.7 Å². The van der Waals surface area contributed by atoms with Gasteiger partial charge in [-0.05, 0) is 24.5 Å². The standard InChI is InChI=1S/C19H22N6OS/c1-27-14-17-22-15-5-2-3-6-16(15)25(17)13-18(26)23-9-11-24(12-10-23)19-20-7-4-8-21-19/h2-8H,9-14H2,1H3. The lowest BCUT2D eigenvalue weighted by Crippen LogP contribution is -2.50. The Bertz CT molecular complexity index is 920. The molecule has 0 aliphatic carbocycles. The second-order valence-corrected chi connectivity index (χ2v) is 7.32. The maximum absolute atomic E-state index is 12.9. The lowest BCUT2D eigenvalue weighted by atomic mass is 10.3. The molecule has 1 saturated heterocycles. The topological polar surface area (TPSA) is 67.2 Å². The Balaban J connectivity index is 1.46. The van der Waals surface area contributed by atoms with Crippen LogP contribution >= 0.6 is 11.8 Å². The number of hydrogen-bond acceptors (Lipinski definition) is 6. The fraction of sp³-hybridized carbons (Fsp3) is 0.368. The van der Waals surface area contributed by atoms with E-state index >= 15 is 0 Å². The van der Waals surface area contributed by atoms with Crippen molar-refractivity contribution in [3.05, 3.63) is 48.5 Å². The number of benzene rings is 1. The summed E-state index contributed by atoms with van der Waals surface area (Å²) in [6.07, 6.45) is 5.55. The maximum Gasteiger partial charge on any atom is 0.242 e. The molecule has 2 aromatic heterocycles. The highest BCUT2D eigenvalue weighted by Gasteiger charge is 2.23. The Labute approximate surface area is 162 Å². The Kier molecular flexibility index (Phi) is 5.24. The number of carbonyl (C=O) groups is 1. The van der Waals surface area contributed by atoms with Crippen LogP contribution in [0.2, 0.25) is 0 Å². The Morgan fingerprint density at radius 3 is 2.56 bits per heavy atom. The smallest absolute Gasteiger partial charge is 0.242 e. The van der Waals surface area contributed by atoms with E-state index in [0.717, 1.165) is 41.6 Å². The molecule has 1 aliphatic rings. The highest BCUT2D eigenvalue weighted by molar-refractivity contribution is 7.97. The van der Waals surface area contributed by atoms with Gasteiger partial charge in [-0.2, -0.15) is 11.8 Å². The van der Waals surface area contributed by atoms with E-state index in [4.69, 9.17) is 4.98 Å². The molecule has 3 aromatic rings. The summed E-state index contributed by atoms with van der Waals surface area (Å²) in [5.41, 5.74) is 1.96. The molecule has 4 rings (SSSR count). The van der Waals surface area contributed by atoms with Crippen molar-refractivity contribution in [2.24, 2.45) is 0 Å². The number of amides is 1. The number of nitrogens with zero attached hydrogens (tertiary/aromatic N) is 6. The predicted molar refractivity (Wildman–Crippen MR) is 108 cm³/mol. The third-order valence-corrected chi connectivity index (χ3v) is 5.31. The number of imidazole rings is 1. The normalized spacial score (nSPS) is 14.7. The van der Waals surface area contributed by atoms with Crippen LogP contribution in [0.25, 0.3) is 11.0 Å². The minimum atomic E-state index is 0.133. The second kappa shape index (κ2) is 7.96. The van der Waals surface area contributed by atoms with Gasteiger partial charge in [-0.25, -0.2) is 15.0 Å². The molecule has 0 N–H and O–H groups in total. The SMILES string of the molecule is CSCc1nc2ccccc2n1CC(=O)N1CCN(c2ncccn2)CC1. The molecule has 0 spiro atoms. The summed E-state index contributed by atoms with van der Waals surface area (Å²) in [4.78, 5) is 30.3. The molecule has 1 aliphatic heterocycles. The third-order valence-electron chi connectivity index (χ3n) is 4.77. The third kappa shape index (κ3) is 3.75. The number of piperazine rings is 1. The van der Waals surface area contributed by atoms with E-state index < -0.39 is 0 Å². The van der Waals surface area contributed by atoms with Gasteiger partial charge in [-0.1, -0.05) is 12.1 Å². The molecule has 0 atom stereocenters. The lowest BCUT2D eigenvalue weighted by molar-refractivity contribution is -0.132. The molecule has 27 heavy (non-hydrogen) atoms. The van der Waals surface area contributed by atoms with E-state index in [0.29, 0.717) is 19.6 Å². The molecule has 8 heteroatoms. The number of hydrogen-bond donors (Lipinski definition) is 0. The summed E-state index contributed by atoms with van der Waals surface area (Å²) >= 11 is 1.72. The maximum atomic E-state index is 12.9. The molecule has 1 fully saturated rings. The summed E-state index contributed by atoms with van der Waals surface area (Å²) in [6, 6.07) is 9.81. The Morgan fingerprint density at radius 1 is 1.07 bits per heavy atom. The van der Waals surface area contributed by atoms with Crippen LogP contribution in [0, 0.1) is 0 Å². The lowest BCUT2D eigenvalue weighted by Gasteiger charge is -2.34. The van der Waals surface area contributed by atoms with Crippen LogP contribution in [0.4, 0.5) is 5.95 Å². The van der Waals surface area contributed by atoms with Crippen LogP contribution in [0.15, 0.2) is 42.7 Å². The van der Waals surface area contributed by atoms with Crippen molar-refractivity contribution in [1.82, 2.24) is 24.4 Å². The van der Waals surface area contributed by atoms with Crippen molar-refractivity contribution in [2.45, 2.75) is 12.3 Å². The minimum Gasteiger partial charge on any atom is -0.338 e. The monoisotopic (exact) mass is 382 g/mol. The molecule has 0 unspecified atom stereocenters. The summed E-state index contributed by atoms with van der Waals surface area (Å²) in [5, 5.41) is 0. The van der Waals surface area contributed by atoms with Gasteiger partial charge in [0.15, 0.2) is 0 Å². The van der Waals surface area contributed by atoms with E-state index in [-0.39, 0.29) is 5.91 Å². The number of aromatic nitrogens is 4. The first-order valence-corrected chi connectivity index (χ1v) is 10.4. The molecule has 7 nitrogen and oxygen atoms in total. The molecular weight excluding hydrogens is 360 g/mol. The van der Waals surface area contributed by atoms with Crippen LogP contribution in [0.3, 0.4) is 0 Å². The number of fused-ring (bicyclic) bond motifs is 1. The van der Waals surface area contributed by atoms with Gasteiger partial charge in [0, 0.05) is 38.6 Å². The van der Waals surface area contributed by atoms with Crippen molar-refractivity contribution in [3.8, 4) is 0 Å². The fourth-order valence-corrected chi connectivity index (χ4v) is 3.87. The number of anilines is 1. The summed E-state index contributed by atoms with van der Waals surface area (Å²) in [6.45, 7) is 3.19. The second-order valence-electron chi connectivity index (χ2n) is 6.45. The molecule has 0 radical (unpaired) electrons. The van der Waals surface area contributed by atoms with E-state index in [1.165, 1.54) is 0 Å². The van der Waals surface area contributed by atoms with Gasteiger partial charge >= 0.3 is 0 Å². The van der Waals surface area contributed by atoms with Crippen molar-refractivity contribution in [1.29, 1.82) is 0 Å². The number of thioether (sulfide) groups is 1. The molecule has 0 bridgehead atoms. The number of rotatable bonds is 5. The summed E-state index contributed by atoms with van der Waals surface area (Å²) in [5.74, 6) is 2.61. The van der Waals surface area contributed by atoms with Crippen molar-refractivity contribution < 1.29 is 4.79 Å². The molecule has 1 amide bonds. The number of para-hydroxylation sites is 2. The molecule has 140 valence electrons. The van der Waals surface area contributed by atoms with E-state index in [1.807, 2.05) is 35.2 Å². The van der Waals surface area contributed by atoms with Crippen LogP contribution in [-0.4, -0.2) is 62.8 Å². The van der Waals surface area contributed by atoms with E-state index in [1.54, 1.807) is 24.2 Å². The summed E-state index contributed by atoms with van der Waals surface area (Å²) in [7, 11) is 0. The van der Waals surface area contributed by atoms with Gasteiger partial charge in [0.2, 0.25) is 11.9 Å². The highest BCUT2D eigenvalue weighted by atomic mass is 32.2. The zero-order chi connectivity index (χ0) is 18.6. The molecule has 1 aromatic carbocycles. The first kappa shape index (κ1) is 17.8. The van der Waals surface area contributed by atoms with Crippen LogP contribution in [0.1, 0.15) is 5.82 Å². The Hall–Kier alpha value is -2.61. The van der Waals surface area contributed by atoms with Gasteiger partial charge in [0.1, 0.15) is 12.4 Å². The van der Waals surface area contributed by atoms with E-state index in [9.17, 15) is 4.79 Å². The fourth-order valence-electron chi connectivity index (χ4n) is 3.39. The zero-order valence-electron chi connectivity index (χ0n) is 15.3. The van der Waals surface area contributed by atoms with Gasteiger partial charge in [0.05, 0.1) is 16.8 Å². The highest BCUT2D eigenvalue weighted by Crippen LogP contribution is 2.19. The first-order valence-electron chi connectivity index (χ1n) is 8.99. The van der Waals surface area contributed by atoms with Crippen molar-refractivity contribution in [3.63, 3.8) is 0 Å². The molecular formula is C19H22N6OS. The van der Waals surface area contributed by atoms with Gasteiger partial charge in [0.25, 0.3) is 0 Å². The zero-order valence-corrected chi connectivity index (χ0v) is 16.1. The first-order chi connectivity index (χ1) is 13.3. The van der Waals surface area contributed by atoms with Crippen LogP contribution in [0.5, 0.6) is 0 Å². The Morgan fingerprint density at radius 2 is 1.81 bits per heavy atom. The van der Waals surface area contributed by atoms with Crippen molar-refractivity contribution in [2.75, 3.05) is 37.3 Å². The van der Waals surface area contributed by atoms with Crippen LogP contribution in [-0.2, 0) is 17.1 Å². The van der Waals surface area contributed by atoms with Gasteiger partial charge in [-0.15, -0.1) is 0 Å². The quantitative estimate of drug-likeness (QED) is 0.673. The van der Waals surface area contributed by atoms with Gasteiger partial charge < -0.3 is 14.4 Å². The molecule has 3 heterocycles. The van der Waals surface area contributed by atoms with Crippen LogP contribution < -0.4 is 4.90 Å². The average Bonchev–Trinajstić information content (AvgIpc) is 3.06. The predicted octanol–water partition coefficient (Wildman–Crippen LogP) is 2.04. The van der Waals surface area contributed by atoms with E-state index in [2.05, 4.69) is 25.7 Å². The largest absolute Gasteiger partial charge is 0.338 e. The average molecular weight is 382 g/mol. The van der Waals surface area contributed by atoms with Gasteiger partial charge in [-0.3, -0.25) is 4.79 Å². The minimum absolute atomic E-state index is 0.133. The molecule has 0 saturated carbocycles.